The molecule has 0 unspecified atom stereocenters. The monoisotopic (exact) mass is 396 g/mol. The Bertz CT molecular complexity index is 904. The molecular weight excluding hydrogens is 381 g/mol. The van der Waals surface area contributed by atoms with Crippen LogP contribution in [0.3, 0.4) is 0 Å². The fourth-order valence-electron chi connectivity index (χ4n) is 2.05. The zero-order valence-corrected chi connectivity index (χ0v) is 14.7. The number of rotatable bonds is 4. The first-order chi connectivity index (χ1) is 12.7. The number of benzene rings is 2. The van der Waals surface area contributed by atoms with Crippen LogP contribution in [-0.4, -0.2) is 28.0 Å². The number of hydrogen-bond donors (Lipinski definition) is 2. The SMILES string of the molecule is NCc1ccc(CC(=O)c2nc3ccccc3s2)cc1.O=C(O)C(F)(F)F. The van der Waals surface area contributed by atoms with Gasteiger partial charge in [0.05, 0.1) is 10.2 Å². The molecule has 0 saturated carbocycles. The van der Waals surface area contributed by atoms with Crippen molar-refractivity contribution in [2.75, 3.05) is 0 Å². The van der Waals surface area contributed by atoms with E-state index in [9.17, 15) is 18.0 Å². The average Bonchev–Trinajstić information content (AvgIpc) is 3.06. The van der Waals surface area contributed by atoms with Gasteiger partial charge in [-0.2, -0.15) is 13.2 Å². The van der Waals surface area contributed by atoms with Gasteiger partial charge >= 0.3 is 12.1 Å². The van der Waals surface area contributed by atoms with Crippen LogP contribution in [0.5, 0.6) is 0 Å². The quantitative estimate of drug-likeness (QED) is 0.654. The molecule has 1 heterocycles. The molecule has 0 aliphatic rings. The summed E-state index contributed by atoms with van der Waals surface area (Å²) in [7, 11) is 0. The number of aromatic nitrogens is 1. The van der Waals surface area contributed by atoms with Crippen LogP contribution >= 0.6 is 11.3 Å². The normalized spacial score (nSPS) is 11.0. The fourth-order valence-corrected chi connectivity index (χ4v) is 2.95. The van der Waals surface area contributed by atoms with Crippen molar-refractivity contribution in [2.45, 2.75) is 19.1 Å². The summed E-state index contributed by atoms with van der Waals surface area (Å²) in [6.07, 6.45) is -4.70. The molecule has 5 nitrogen and oxygen atoms in total. The van der Waals surface area contributed by atoms with Crippen LogP contribution in [0.4, 0.5) is 13.2 Å². The number of nitrogens with two attached hydrogens (primary N) is 1. The van der Waals surface area contributed by atoms with Gasteiger partial charge in [0, 0.05) is 13.0 Å². The Morgan fingerprint density at radius 2 is 1.59 bits per heavy atom. The predicted molar refractivity (Wildman–Crippen MR) is 95.7 cm³/mol. The summed E-state index contributed by atoms with van der Waals surface area (Å²) in [6.45, 7) is 0.520. The van der Waals surface area contributed by atoms with E-state index in [0.717, 1.165) is 21.3 Å². The van der Waals surface area contributed by atoms with Crippen LogP contribution in [0.2, 0.25) is 0 Å². The lowest BCUT2D eigenvalue weighted by Crippen LogP contribution is -2.21. The van der Waals surface area contributed by atoms with Crippen molar-refractivity contribution in [1.29, 1.82) is 0 Å². The van der Waals surface area contributed by atoms with Crippen molar-refractivity contribution in [2.24, 2.45) is 5.73 Å². The Morgan fingerprint density at radius 3 is 2.11 bits per heavy atom. The number of halogens is 3. The maximum absolute atomic E-state index is 12.3. The van der Waals surface area contributed by atoms with Crippen LogP contribution in [0, 0.1) is 0 Å². The molecule has 0 radical (unpaired) electrons. The minimum absolute atomic E-state index is 0.0618. The molecule has 9 heteroatoms. The van der Waals surface area contributed by atoms with E-state index in [4.69, 9.17) is 15.6 Å². The maximum Gasteiger partial charge on any atom is 0.490 e. The summed E-state index contributed by atoms with van der Waals surface area (Å²) in [6, 6.07) is 15.6. The van der Waals surface area contributed by atoms with E-state index >= 15 is 0 Å². The molecule has 2 aromatic carbocycles. The zero-order valence-electron chi connectivity index (χ0n) is 13.9. The number of fused-ring (bicyclic) bond motifs is 1. The topological polar surface area (TPSA) is 93.3 Å². The predicted octanol–water partition coefficient (Wildman–Crippen LogP) is 3.81. The van der Waals surface area contributed by atoms with E-state index < -0.39 is 12.1 Å². The number of ketones is 1. The molecule has 3 N–H and O–H groups in total. The number of para-hydroxylation sites is 1. The van der Waals surface area contributed by atoms with E-state index in [0.29, 0.717) is 18.0 Å². The van der Waals surface area contributed by atoms with Gasteiger partial charge in [0.25, 0.3) is 0 Å². The van der Waals surface area contributed by atoms with Crippen molar-refractivity contribution in [3.63, 3.8) is 0 Å². The summed E-state index contributed by atoms with van der Waals surface area (Å²) >= 11 is 1.45. The number of Topliss-reactive ketones (excluding diaryl/α,β-unsaturated/α-hetero) is 1. The van der Waals surface area contributed by atoms with E-state index in [1.165, 1.54) is 11.3 Å². The zero-order chi connectivity index (χ0) is 20.0. The van der Waals surface area contributed by atoms with Crippen molar-refractivity contribution in [3.8, 4) is 0 Å². The van der Waals surface area contributed by atoms with Crippen molar-refractivity contribution in [3.05, 3.63) is 64.7 Å². The van der Waals surface area contributed by atoms with E-state index in [2.05, 4.69) is 4.98 Å². The molecule has 0 spiro atoms. The molecule has 0 saturated heterocycles. The highest BCUT2D eigenvalue weighted by atomic mass is 32.1. The van der Waals surface area contributed by atoms with Gasteiger partial charge in [0.1, 0.15) is 0 Å². The number of alkyl halides is 3. The molecule has 3 rings (SSSR count). The number of hydrogen-bond acceptors (Lipinski definition) is 5. The second-order valence-electron chi connectivity index (χ2n) is 5.41. The molecule has 142 valence electrons. The third-order valence-electron chi connectivity index (χ3n) is 3.40. The Morgan fingerprint density at radius 1 is 1.04 bits per heavy atom. The molecule has 0 atom stereocenters. The molecule has 0 fully saturated rings. The Labute approximate surface area is 156 Å². The van der Waals surface area contributed by atoms with Crippen LogP contribution in [-0.2, 0) is 17.8 Å². The van der Waals surface area contributed by atoms with Crippen LogP contribution < -0.4 is 5.73 Å². The third-order valence-corrected chi connectivity index (χ3v) is 4.48. The minimum Gasteiger partial charge on any atom is -0.475 e. The first-order valence-electron chi connectivity index (χ1n) is 7.67. The van der Waals surface area contributed by atoms with Crippen molar-refractivity contribution in [1.82, 2.24) is 4.98 Å². The molecule has 0 amide bonds. The Kier molecular flexibility index (Phi) is 6.65. The summed E-state index contributed by atoms with van der Waals surface area (Å²) in [5.41, 5.74) is 8.51. The number of carbonyl (C=O) groups is 2. The van der Waals surface area contributed by atoms with Crippen molar-refractivity contribution >= 4 is 33.3 Å². The fraction of sp³-hybridized carbons (Fsp3) is 0.167. The van der Waals surface area contributed by atoms with Gasteiger partial charge in [-0.1, -0.05) is 36.4 Å². The van der Waals surface area contributed by atoms with Crippen LogP contribution in [0.15, 0.2) is 48.5 Å². The van der Waals surface area contributed by atoms with Gasteiger partial charge in [-0.3, -0.25) is 4.79 Å². The van der Waals surface area contributed by atoms with Gasteiger partial charge in [-0.25, -0.2) is 9.78 Å². The number of aliphatic carboxylic acids is 1. The Hall–Kier alpha value is -2.78. The smallest absolute Gasteiger partial charge is 0.475 e. The minimum atomic E-state index is -5.08. The second-order valence-corrected chi connectivity index (χ2v) is 6.44. The van der Waals surface area contributed by atoms with Gasteiger partial charge in [0.2, 0.25) is 0 Å². The van der Waals surface area contributed by atoms with E-state index in [1.807, 2.05) is 48.5 Å². The molecular formula is C18H15F3N2O3S. The highest BCUT2D eigenvalue weighted by Crippen LogP contribution is 2.22. The molecule has 3 aromatic rings. The molecule has 0 aliphatic carbocycles. The van der Waals surface area contributed by atoms with Gasteiger partial charge in [-0.15, -0.1) is 11.3 Å². The highest BCUT2D eigenvalue weighted by molar-refractivity contribution is 7.20. The van der Waals surface area contributed by atoms with Crippen LogP contribution in [0.25, 0.3) is 10.2 Å². The Balaban J connectivity index is 0.000000321. The van der Waals surface area contributed by atoms with Crippen molar-refractivity contribution < 1.29 is 27.9 Å². The van der Waals surface area contributed by atoms with Gasteiger partial charge < -0.3 is 10.8 Å². The number of carbonyl (C=O) groups excluding carboxylic acids is 1. The van der Waals surface area contributed by atoms with E-state index in [-0.39, 0.29) is 5.78 Å². The molecule has 27 heavy (non-hydrogen) atoms. The molecule has 0 bridgehead atoms. The maximum atomic E-state index is 12.3. The highest BCUT2D eigenvalue weighted by Gasteiger charge is 2.38. The first kappa shape index (κ1) is 20.5. The summed E-state index contributed by atoms with van der Waals surface area (Å²) in [4.78, 5) is 25.5. The first-order valence-corrected chi connectivity index (χ1v) is 8.49. The summed E-state index contributed by atoms with van der Waals surface area (Å²) in [5.74, 6) is -2.70. The van der Waals surface area contributed by atoms with Gasteiger partial charge in [0.15, 0.2) is 10.8 Å². The standard InChI is InChI=1S/C16H14N2OS.C2HF3O2/c17-10-12-7-5-11(6-8-12)9-14(19)16-18-13-3-1-2-4-15(13)20-16;3-2(4,5)1(6)7/h1-8H,9-10,17H2;(H,6,7). The van der Waals surface area contributed by atoms with E-state index in [1.54, 1.807) is 0 Å². The number of carboxylic acid groups (broad SMARTS) is 1. The summed E-state index contributed by atoms with van der Waals surface area (Å²) in [5, 5.41) is 7.70. The lowest BCUT2D eigenvalue weighted by molar-refractivity contribution is -0.192. The second kappa shape index (κ2) is 8.74. The molecule has 0 aliphatic heterocycles. The van der Waals surface area contributed by atoms with Gasteiger partial charge in [-0.05, 0) is 23.3 Å². The third kappa shape index (κ3) is 5.87. The van der Waals surface area contributed by atoms with Crippen LogP contribution in [0.1, 0.15) is 20.9 Å². The number of nitrogens with zero attached hydrogens (tertiary/aromatic N) is 1. The lowest BCUT2D eigenvalue weighted by Gasteiger charge is -2.00. The lowest BCUT2D eigenvalue weighted by atomic mass is 10.1. The largest absolute Gasteiger partial charge is 0.490 e. The number of carboxylic acids is 1. The average molecular weight is 396 g/mol. The molecule has 1 aromatic heterocycles. The summed E-state index contributed by atoms with van der Waals surface area (Å²) < 4.78 is 32.8. The number of thiazole rings is 1.